The Morgan fingerprint density at radius 1 is 0.411 bits per heavy atom. The number of aromatic nitrogens is 3. The lowest BCUT2D eigenvalue weighted by molar-refractivity contribution is 1.15. The fourth-order valence-corrected chi connectivity index (χ4v) is 9.00. The standard InChI is InChI=1S/C51H31N5/c1-32-29-33(23-28-43(32)55-44-17-8-4-13-37(44)38-14-5-9-18-45(38)55)36-27-25-35(31-42(36)53-3)54-48-21-12-22-49(51(48)41-26-24-34(52-2)30-50(41)54)56-46-19-10-6-15-39(46)40-16-7-11-20-47(40)56/h4-31H,1H3. The number of para-hydroxylation sites is 4. The van der Waals surface area contributed by atoms with Crippen LogP contribution in [0, 0.1) is 20.1 Å². The first kappa shape index (κ1) is 31.6. The minimum atomic E-state index is 0.570. The van der Waals surface area contributed by atoms with Crippen molar-refractivity contribution in [1.82, 2.24) is 13.7 Å². The normalized spacial score (nSPS) is 11.6. The Balaban J connectivity index is 1.10. The third-order valence-electron chi connectivity index (χ3n) is 11.4. The number of nitrogens with zero attached hydrogens (tertiary/aromatic N) is 5. The summed E-state index contributed by atoms with van der Waals surface area (Å²) in [6.45, 7) is 18.4. The summed E-state index contributed by atoms with van der Waals surface area (Å²) in [5.74, 6) is 0. The Hall–Kier alpha value is -7.86. The molecule has 0 aliphatic rings. The van der Waals surface area contributed by atoms with Crippen molar-refractivity contribution in [3.05, 3.63) is 198 Å². The minimum Gasteiger partial charge on any atom is -0.312 e. The Morgan fingerprint density at radius 2 is 0.982 bits per heavy atom. The molecule has 8 aromatic carbocycles. The largest absolute Gasteiger partial charge is 0.312 e. The van der Waals surface area contributed by atoms with Gasteiger partial charge in [-0.2, -0.15) is 0 Å². The highest BCUT2D eigenvalue weighted by atomic mass is 15.0. The summed E-state index contributed by atoms with van der Waals surface area (Å²) in [4.78, 5) is 7.92. The van der Waals surface area contributed by atoms with Gasteiger partial charge in [0.05, 0.1) is 46.4 Å². The molecule has 260 valence electrons. The SMILES string of the molecule is [C-]#[N+]c1ccc2c3c(-n4c5ccccc5c5ccccc54)cccc3n(-c3ccc(-c4ccc(-n5c6ccccc6c6ccccc65)c(C)c4)c([N+]#[C-])c3)c2c1. The molecule has 0 atom stereocenters. The number of aryl methyl sites for hydroxylation is 1. The van der Waals surface area contributed by atoms with Crippen molar-refractivity contribution in [3.8, 4) is 28.2 Å². The van der Waals surface area contributed by atoms with Gasteiger partial charge in [-0.15, -0.1) is 0 Å². The third-order valence-corrected chi connectivity index (χ3v) is 11.4. The van der Waals surface area contributed by atoms with Gasteiger partial charge in [0.1, 0.15) is 0 Å². The van der Waals surface area contributed by atoms with Gasteiger partial charge in [0.15, 0.2) is 11.4 Å². The molecule has 0 aliphatic carbocycles. The molecule has 3 aromatic heterocycles. The molecule has 5 nitrogen and oxygen atoms in total. The number of hydrogen-bond donors (Lipinski definition) is 0. The molecule has 0 spiro atoms. The van der Waals surface area contributed by atoms with Gasteiger partial charge in [0.25, 0.3) is 0 Å². The van der Waals surface area contributed by atoms with E-state index in [1.165, 1.54) is 32.6 Å². The highest BCUT2D eigenvalue weighted by Gasteiger charge is 2.21. The average molecular weight is 714 g/mol. The summed E-state index contributed by atoms with van der Waals surface area (Å²) in [5, 5.41) is 7.01. The van der Waals surface area contributed by atoms with Crippen molar-refractivity contribution in [3.63, 3.8) is 0 Å². The van der Waals surface area contributed by atoms with Crippen LogP contribution < -0.4 is 0 Å². The van der Waals surface area contributed by atoms with Crippen LogP contribution in [0.25, 0.3) is 103 Å². The van der Waals surface area contributed by atoms with E-state index in [0.717, 1.165) is 66.6 Å². The maximum atomic E-state index is 8.39. The van der Waals surface area contributed by atoms with E-state index in [1.54, 1.807) is 0 Å². The molecule has 0 saturated carbocycles. The molecule has 0 radical (unpaired) electrons. The number of fused-ring (bicyclic) bond motifs is 9. The van der Waals surface area contributed by atoms with Gasteiger partial charge >= 0.3 is 0 Å². The Kier molecular flexibility index (Phi) is 6.83. The van der Waals surface area contributed by atoms with Crippen LogP contribution in [0.3, 0.4) is 0 Å². The van der Waals surface area contributed by atoms with Crippen molar-refractivity contribution in [2.24, 2.45) is 0 Å². The summed E-state index contributed by atoms with van der Waals surface area (Å²) >= 11 is 0. The quantitative estimate of drug-likeness (QED) is 0.162. The first-order chi connectivity index (χ1) is 27.6. The van der Waals surface area contributed by atoms with Gasteiger partial charge in [-0.1, -0.05) is 109 Å². The molecule has 0 unspecified atom stereocenters. The van der Waals surface area contributed by atoms with Gasteiger partial charge < -0.3 is 13.7 Å². The van der Waals surface area contributed by atoms with Gasteiger partial charge in [0.2, 0.25) is 0 Å². The van der Waals surface area contributed by atoms with Crippen molar-refractivity contribution in [1.29, 1.82) is 0 Å². The lowest BCUT2D eigenvalue weighted by Crippen LogP contribution is -1.98. The summed E-state index contributed by atoms with van der Waals surface area (Å²) in [6, 6.07) is 59.3. The third kappa shape index (κ3) is 4.46. The van der Waals surface area contributed by atoms with Crippen LogP contribution in [0.5, 0.6) is 0 Å². The first-order valence-corrected chi connectivity index (χ1v) is 18.7. The highest BCUT2D eigenvalue weighted by Crippen LogP contribution is 2.43. The first-order valence-electron chi connectivity index (χ1n) is 18.7. The summed E-state index contributed by atoms with van der Waals surface area (Å²) < 4.78 is 6.92. The minimum absolute atomic E-state index is 0.570. The molecular weight excluding hydrogens is 683 g/mol. The predicted molar refractivity (Wildman–Crippen MR) is 232 cm³/mol. The second-order valence-electron chi connectivity index (χ2n) is 14.4. The van der Waals surface area contributed by atoms with Gasteiger partial charge in [-0.3, -0.25) is 0 Å². The zero-order valence-corrected chi connectivity index (χ0v) is 30.4. The van der Waals surface area contributed by atoms with E-state index in [9.17, 15) is 0 Å². The Morgan fingerprint density at radius 3 is 1.55 bits per heavy atom. The van der Waals surface area contributed by atoms with E-state index >= 15 is 0 Å². The molecule has 11 rings (SSSR count). The molecule has 0 saturated heterocycles. The van der Waals surface area contributed by atoms with Crippen LogP contribution in [0.2, 0.25) is 0 Å². The summed E-state index contributed by atoms with van der Waals surface area (Å²) in [6.07, 6.45) is 0. The molecule has 11 aromatic rings. The topological polar surface area (TPSA) is 23.5 Å². The van der Waals surface area contributed by atoms with Crippen LogP contribution in [-0.4, -0.2) is 13.7 Å². The molecule has 56 heavy (non-hydrogen) atoms. The lowest BCUT2D eigenvalue weighted by Gasteiger charge is -2.15. The van der Waals surface area contributed by atoms with E-state index in [2.05, 4.69) is 182 Å². The highest BCUT2D eigenvalue weighted by molar-refractivity contribution is 6.17. The second-order valence-corrected chi connectivity index (χ2v) is 14.4. The molecule has 0 fully saturated rings. The number of hydrogen-bond acceptors (Lipinski definition) is 0. The van der Waals surface area contributed by atoms with Crippen molar-refractivity contribution < 1.29 is 0 Å². The summed E-state index contributed by atoms with van der Waals surface area (Å²) in [7, 11) is 0. The maximum absolute atomic E-state index is 8.39. The van der Waals surface area contributed by atoms with E-state index in [-0.39, 0.29) is 0 Å². The molecule has 0 amide bonds. The zero-order chi connectivity index (χ0) is 37.5. The monoisotopic (exact) mass is 713 g/mol. The van der Waals surface area contributed by atoms with E-state index < -0.39 is 0 Å². The molecule has 0 aliphatic heterocycles. The summed E-state index contributed by atoms with van der Waals surface area (Å²) in [5.41, 5.74) is 13.8. The molecule has 0 N–H and O–H groups in total. The molecule has 3 heterocycles. The Bertz CT molecular complexity index is 3420. The number of rotatable bonds is 4. The zero-order valence-electron chi connectivity index (χ0n) is 30.4. The van der Waals surface area contributed by atoms with Crippen molar-refractivity contribution in [2.75, 3.05) is 0 Å². The predicted octanol–water partition coefficient (Wildman–Crippen LogP) is 14.1. The fraction of sp³-hybridized carbons (Fsp3) is 0.0196. The molecular formula is C51H31N5. The molecule has 5 heteroatoms. The average Bonchev–Trinajstić information content (AvgIpc) is 3.89. The number of benzene rings is 8. The van der Waals surface area contributed by atoms with E-state index in [1.807, 2.05) is 18.2 Å². The van der Waals surface area contributed by atoms with Crippen LogP contribution in [0.1, 0.15) is 5.56 Å². The smallest absolute Gasteiger partial charge is 0.196 e. The second kappa shape index (κ2) is 12.1. The van der Waals surface area contributed by atoms with Crippen molar-refractivity contribution in [2.45, 2.75) is 6.92 Å². The fourth-order valence-electron chi connectivity index (χ4n) is 9.00. The van der Waals surface area contributed by atoms with Crippen LogP contribution in [0.15, 0.2) is 170 Å². The van der Waals surface area contributed by atoms with Crippen LogP contribution >= 0.6 is 0 Å². The van der Waals surface area contributed by atoms with E-state index in [0.29, 0.717) is 11.4 Å². The van der Waals surface area contributed by atoms with Crippen LogP contribution in [-0.2, 0) is 0 Å². The van der Waals surface area contributed by atoms with Gasteiger partial charge in [0, 0.05) is 49.2 Å². The lowest BCUT2D eigenvalue weighted by atomic mass is 10.00. The Labute approximate surface area is 322 Å². The van der Waals surface area contributed by atoms with Crippen LogP contribution in [0.4, 0.5) is 11.4 Å². The van der Waals surface area contributed by atoms with E-state index in [4.69, 9.17) is 13.1 Å². The maximum Gasteiger partial charge on any atom is 0.196 e. The van der Waals surface area contributed by atoms with Gasteiger partial charge in [-0.25, -0.2) is 9.69 Å². The van der Waals surface area contributed by atoms with Crippen molar-refractivity contribution >= 4 is 76.8 Å². The molecule has 0 bridgehead atoms. The van der Waals surface area contributed by atoms with Gasteiger partial charge in [-0.05, 0) is 84.3 Å².